The van der Waals surface area contributed by atoms with E-state index in [0.717, 1.165) is 23.8 Å². The second-order valence-corrected chi connectivity index (χ2v) is 5.90. The van der Waals surface area contributed by atoms with Crippen molar-refractivity contribution in [3.05, 3.63) is 29.8 Å². The smallest absolute Gasteiger partial charge is 0.326 e. The van der Waals surface area contributed by atoms with Crippen molar-refractivity contribution in [2.24, 2.45) is 5.92 Å². The van der Waals surface area contributed by atoms with Gasteiger partial charge in [0.15, 0.2) is 0 Å². The number of methoxy groups -OCH3 is 1. The third kappa shape index (κ3) is 4.46. The fraction of sp³-hybridized carbons (Fsp3) is 0.588. The summed E-state index contributed by atoms with van der Waals surface area (Å²) in [7, 11) is 1.65. The van der Waals surface area contributed by atoms with Crippen LogP contribution >= 0.6 is 0 Å². The van der Waals surface area contributed by atoms with Crippen LogP contribution in [0.1, 0.15) is 32.3 Å². The van der Waals surface area contributed by atoms with Crippen LogP contribution in [0.3, 0.4) is 0 Å². The number of nitrogens with one attached hydrogen (secondary N) is 1. The van der Waals surface area contributed by atoms with Gasteiger partial charge in [-0.2, -0.15) is 0 Å². The lowest BCUT2D eigenvalue weighted by atomic mass is 9.92. The highest BCUT2D eigenvalue weighted by atomic mass is 16.5. The van der Waals surface area contributed by atoms with Gasteiger partial charge >= 0.3 is 5.97 Å². The molecule has 1 saturated carbocycles. The predicted octanol–water partition coefficient (Wildman–Crippen LogP) is 2.56. The molecule has 2 rings (SSSR count). The van der Waals surface area contributed by atoms with Gasteiger partial charge in [0.05, 0.1) is 13.7 Å². The number of esters is 1. The van der Waals surface area contributed by atoms with E-state index in [1.165, 1.54) is 12.8 Å². The van der Waals surface area contributed by atoms with Crippen molar-refractivity contribution in [1.82, 2.24) is 5.32 Å². The van der Waals surface area contributed by atoms with Crippen molar-refractivity contribution in [3.63, 3.8) is 0 Å². The summed E-state index contributed by atoms with van der Waals surface area (Å²) < 4.78 is 10.4. The molecule has 0 amide bonds. The Morgan fingerprint density at radius 2 is 2.00 bits per heavy atom. The molecule has 1 atom stereocenters. The third-order valence-electron chi connectivity index (χ3n) is 3.92. The summed E-state index contributed by atoms with van der Waals surface area (Å²) in [6.07, 6.45) is 3.13. The van der Waals surface area contributed by atoms with Gasteiger partial charge in [0, 0.05) is 6.42 Å². The molecule has 1 aliphatic rings. The Hall–Kier alpha value is -1.55. The molecule has 1 fully saturated rings. The topological polar surface area (TPSA) is 47.6 Å². The summed E-state index contributed by atoms with van der Waals surface area (Å²) >= 11 is 0. The van der Waals surface area contributed by atoms with Gasteiger partial charge < -0.3 is 14.8 Å². The van der Waals surface area contributed by atoms with Crippen LogP contribution in [-0.4, -0.2) is 31.8 Å². The molecule has 4 nitrogen and oxygen atoms in total. The lowest BCUT2D eigenvalue weighted by Gasteiger charge is -2.29. The normalized spacial score (nSPS) is 17.1. The Balaban J connectivity index is 2.06. The molecule has 0 aromatic heterocycles. The molecule has 21 heavy (non-hydrogen) atoms. The minimum Gasteiger partial charge on any atom is -0.497 e. The van der Waals surface area contributed by atoms with Crippen molar-refractivity contribution in [2.45, 2.75) is 38.6 Å². The molecule has 0 spiro atoms. The van der Waals surface area contributed by atoms with Crippen LogP contribution in [0.4, 0.5) is 0 Å². The van der Waals surface area contributed by atoms with Crippen LogP contribution in [0.5, 0.6) is 5.75 Å². The van der Waals surface area contributed by atoms with E-state index in [1.54, 1.807) is 7.11 Å². The Morgan fingerprint density at radius 3 is 2.52 bits per heavy atom. The number of ether oxygens (including phenoxy) is 2. The fourth-order valence-corrected chi connectivity index (χ4v) is 2.34. The van der Waals surface area contributed by atoms with E-state index in [-0.39, 0.29) is 5.97 Å². The minimum absolute atomic E-state index is 0.179. The largest absolute Gasteiger partial charge is 0.497 e. The van der Waals surface area contributed by atoms with Crippen LogP contribution in [0, 0.1) is 5.92 Å². The third-order valence-corrected chi connectivity index (χ3v) is 3.92. The number of carbonyl (C=O) groups is 1. The van der Waals surface area contributed by atoms with Gasteiger partial charge in [-0.1, -0.05) is 12.1 Å². The minimum atomic E-state index is -0.673. The van der Waals surface area contributed by atoms with Gasteiger partial charge in [-0.3, -0.25) is 4.79 Å². The highest BCUT2D eigenvalue weighted by Crippen LogP contribution is 2.29. The molecular formula is C17H25NO3. The van der Waals surface area contributed by atoms with Crippen LogP contribution in [0.25, 0.3) is 0 Å². The monoisotopic (exact) mass is 291 g/mol. The summed E-state index contributed by atoms with van der Waals surface area (Å²) in [5.41, 5.74) is 0.419. The molecule has 1 unspecified atom stereocenters. The molecule has 1 aliphatic carbocycles. The first-order valence-corrected chi connectivity index (χ1v) is 7.62. The summed E-state index contributed by atoms with van der Waals surface area (Å²) in [6, 6.07) is 7.83. The highest BCUT2D eigenvalue weighted by molar-refractivity contribution is 5.80. The van der Waals surface area contributed by atoms with Crippen molar-refractivity contribution < 1.29 is 14.3 Å². The van der Waals surface area contributed by atoms with E-state index in [0.29, 0.717) is 13.0 Å². The van der Waals surface area contributed by atoms with Gasteiger partial charge in [-0.05, 0) is 56.8 Å². The van der Waals surface area contributed by atoms with Crippen molar-refractivity contribution in [1.29, 1.82) is 0 Å². The zero-order valence-corrected chi connectivity index (χ0v) is 13.1. The lowest BCUT2D eigenvalue weighted by Crippen LogP contribution is -2.52. The van der Waals surface area contributed by atoms with Crippen molar-refractivity contribution in [2.75, 3.05) is 20.3 Å². The molecule has 0 bridgehead atoms. The molecule has 116 valence electrons. The zero-order chi connectivity index (χ0) is 15.3. The first-order chi connectivity index (χ1) is 10.1. The summed E-state index contributed by atoms with van der Waals surface area (Å²) in [4.78, 5) is 12.3. The van der Waals surface area contributed by atoms with E-state index in [1.807, 2.05) is 38.1 Å². The molecule has 0 heterocycles. The standard InChI is InChI=1S/C17H25NO3/c1-4-21-16(19)17(2,18-12-14-5-6-14)11-13-7-9-15(20-3)10-8-13/h7-10,14,18H,4-6,11-12H2,1-3H3. The summed E-state index contributed by atoms with van der Waals surface area (Å²) in [5, 5.41) is 3.41. The molecule has 4 heteroatoms. The quantitative estimate of drug-likeness (QED) is 0.748. The van der Waals surface area contributed by atoms with Crippen LogP contribution < -0.4 is 10.1 Å². The first kappa shape index (κ1) is 15.8. The second kappa shape index (κ2) is 6.94. The maximum absolute atomic E-state index is 12.3. The van der Waals surface area contributed by atoms with Crippen LogP contribution in [0.15, 0.2) is 24.3 Å². The molecule has 0 saturated heterocycles. The molecule has 0 aliphatic heterocycles. The van der Waals surface area contributed by atoms with Gasteiger partial charge in [0.1, 0.15) is 11.3 Å². The predicted molar refractivity (Wildman–Crippen MR) is 82.5 cm³/mol. The van der Waals surface area contributed by atoms with Crippen molar-refractivity contribution in [3.8, 4) is 5.75 Å². The van der Waals surface area contributed by atoms with E-state index >= 15 is 0 Å². The number of benzene rings is 1. The van der Waals surface area contributed by atoms with E-state index < -0.39 is 5.54 Å². The molecule has 0 radical (unpaired) electrons. The van der Waals surface area contributed by atoms with E-state index in [9.17, 15) is 4.79 Å². The van der Waals surface area contributed by atoms with Crippen LogP contribution in [-0.2, 0) is 16.0 Å². The average molecular weight is 291 g/mol. The second-order valence-electron chi connectivity index (χ2n) is 5.90. The Bertz CT molecular complexity index is 467. The summed E-state index contributed by atoms with van der Waals surface area (Å²) in [5.74, 6) is 1.36. The van der Waals surface area contributed by atoms with Gasteiger partial charge in [-0.25, -0.2) is 0 Å². The molecule has 1 aromatic carbocycles. The van der Waals surface area contributed by atoms with Gasteiger partial charge in [-0.15, -0.1) is 0 Å². The Labute approximate surface area is 126 Å². The number of hydrogen-bond acceptors (Lipinski definition) is 4. The van der Waals surface area contributed by atoms with E-state index in [4.69, 9.17) is 9.47 Å². The molecule has 1 aromatic rings. The van der Waals surface area contributed by atoms with Gasteiger partial charge in [0.25, 0.3) is 0 Å². The highest BCUT2D eigenvalue weighted by Gasteiger charge is 2.36. The number of carbonyl (C=O) groups excluding carboxylic acids is 1. The van der Waals surface area contributed by atoms with Crippen molar-refractivity contribution >= 4 is 5.97 Å². The average Bonchev–Trinajstić information content (AvgIpc) is 3.30. The number of rotatable bonds is 8. The van der Waals surface area contributed by atoms with E-state index in [2.05, 4.69) is 5.32 Å². The SMILES string of the molecule is CCOC(=O)C(C)(Cc1ccc(OC)cc1)NCC1CC1. The zero-order valence-electron chi connectivity index (χ0n) is 13.1. The van der Waals surface area contributed by atoms with Gasteiger partial charge in [0.2, 0.25) is 0 Å². The maximum Gasteiger partial charge on any atom is 0.326 e. The number of hydrogen-bond donors (Lipinski definition) is 1. The summed E-state index contributed by atoms with van der Waals surface area (Å²) in [6.45, 7) is 5.05. The van der Waals surface area contributed by atoms with Crippen LogP contribution in [0.2, 0.25) is 0 Å². The molecule has 1 N–H and O–H groups in total. The first-order valence-electron chi connectivity index (χ1n) is 7.62. The Morgan fingerprint density at radius 1 is 1.33 bits per heavy atom. The fourth-order valence-electron chi connectivity index (χ4n) is 2.34. The Kier molecular flexibility index (Phi) is 5.23. The lowest BCUT2D eigenvalue weighted by molar-refractivity contribution is -0.150. The molecular weight excluding hydrogens is 266 g/mol. The maximum atomic E-state index is 12.3.